The Bertz CT molecular complexity index is 762. The first-order valence-electron chi connectivity index (χ1n) is 9.67. The highest BCUT2D eigenvalue weighted by Gasteiger charge is 2.16. The van der Waals surface area contributed by atoms with Crippen molar-refractivity contribution in [2.75, 3.05) is 6.61 Å². The smallest absolute Gasteiger partial charge is 0.258 e. The van der Waals surface area contributed by atoms with Crippen molar-refractivity contribution < 1.29 is 9.53 Å². The summed E-state index contributed by atoms with van der Waals surface area (Å²) >= 11 is 0. The molecule has 1 atom stereocenters. The topological polar surface area (TPSA) is 38.3 Å². The fourth-order valence-electron chi connectivity index (χ4n) is 3.79. The van der Waals surface area contributed by atoms with Crippen LogP contribution in [0.15, 0.2) is 36.4 Å². The Morgan fingerprint density at radius 2 is 1.73 bits per heavy atom. The Morgan fingerprint density at radius 3 is 2.42 bits per heavy atom. The van der Waals surface area contributed by atoms with E-state index in [1.807, 2.05) is 26.0 Å². The molecule has 26 heavy (non-hydrogen) atoms. The molecule has 0 heterocycles. The van der Waals surface area contributed by atoms with Crippen LogP contribution in [0, 0.1) is 13.8 Å². The number of benzene rings is 2. The molecule has 0 saturated carbocycles. The molecule has 0 saturated heterocycles. The van der Waals surface area contributed by atoms with Crippen molar-refractivity contribution in [3.8, 4) is 5.75 Å². The second kappa shape index (κ2) is 8.39. The van der Waals surface area contributed by atoms with Crippen LogP contribution in [0.1, 0.15) is 60.0 Å². The van der Waals surface area contributed by atoms with Gasteiger partial charge in [-0.3, -0.25) is 4.79 Å². The second-order valence-electron chi connectivity index (χ2n) is 7.38. The molecule has 3 rings (SSSR count). The standard InChI is InChI=1S/C23H29NO2/c1-4-22(20-10-9-18-7-5-6-8-19(18)14-20)24-23(25)15-26-21-12-16(2)11-17(3)13-21/h9-14,22H,4-8,15H2,1-3H3,(H,24,25). The zero-order valence-electron chi connectivity index (χ0n) is 16.1. The monoisotopic (exact) mass is 351 g/mol. The zero-order valence-corrected chi connectivity index (χ0v) is 16.1. The molecular formula is C23H29NO2. The van der Waals surface area contributed by atoms with Crippen LogP contribution in [-0.4, -0.2) is 12.5 Å². The van der Waals surface area contributed by atoms with Gasteiger partial charge in [-0.15, -0.1) is 0 Å². The van der Waals surface area contributed by atoms with Crippen LogP contribution in [-0.2, 0) is 17.6 Å². The average Bonchev–Trinajstić information content (AvgIpc) is 2.63. The number of rotatable bonds is 6. The highest BCUT2D eigenvalue weighted by molar-refractivity contribution is 5.78. The number of nitrogens with one attached hydrogen (secondary N) is 1. The summed E-state index contributed by atoms with van der Waals surface area (Å²) in [6, 6.07) is 12.7. The van der Waals surface area contributed by atoms with Gasteiger partial charge in [-0.05, 0) is 85.9 Å². The SMILES string of the molecule is CCC(NC(=O)COc1cc(C)cc(C)c1)c1ccc2c(c1)CCCC2. The van der Waals surface area contributed by atoms with Crippen molar-refractivity contribution in [2.45, 2.75) is 58.9 Å². The maximum atomic E-state index is 12.4. The Hall–Kier alpha value is -2.29. The third kappa shape index (κ3) is 4.66. The maximum Gasteiger partial charge on any atom is 0.258 e. The molecule has 138 valence electrons. The van der Waals surface area contributed by atoms with E-state index in [2.05, 4.69) is 36.5 Å². The van der Waals surface area contributed by atoms with Gasteiger partial charge < -0.3 is 10.1 Å². The summed E-state index contributed by atoms with van der Waals surface area (Å²) < 4.78 is 5.69. The first-order chi connectivity index (χ1) is 12.5. The molecule has 1 aliphatic carbocycles. The van der Waals surface area contributed by atoms with Crippen LogP contribution >= 0.6 is 0 Å². The first-order valence-corrected chi connectivity index (χ1v) is 9.67. The molecular weight excluding hydrogens is 322 g/mol. The number of hydrogen-bond acceptors (Lipinski definition) is 2. The summed E-state index contributed by atoms with van der Waals surface area (Å²) in [4.78, 5) is 12.4. The van der Waals surface area contributed by atoms with Gasteiger partial charge in [0.15, 0.2) is 6.61 Å². The van der Waals surface area contributed by atoms with E-state index in [0.29, 0.717) is 0 Å². The number of carbonyl (C=O) groups excluding carboxylic acids is 1. The molecule has 0 spiro atoms. The number of hydrogen-bond donors (Lipinski definition) is 1. The van der Waals surface area contributed by atoms with E-state index in [0.717, 1.165) is 29.7 Å². The molecule has 3 heteroatoms. The minimum Gasteiger partial charge on any atom is -0.484 e. The molecule has 0 bridgehead atoms. The molecule has 0 fully saturated rings. The maximum absolute atomic E-state index is 12.4. The van der Waals surface area contributed by atoms with Gasteiger partial charge in [0.1, 0.15) is 5.75 Å². The van der Waals surface area contributed by atoms with Crippen LogP contribution in [0.25, 0.3) is 0 Å². The lowest BCUT2D eigenvalue weighted by Crippen LogP contribution is -2.32. The summed E-state index contributed by atoms with van der Waals surface area (Å²) in [7, 11) is 0. The number of amides is 1. The predicted molar refractivity (Wildman–Crippen MR) is 106 cm³/mol. The van der Waals surface area contributed by atoms with Crippen LogP contribution in [0.5, 0.6) is 5.75 Å². The predicted octanol–water partition coefficient (Wildman–Crippen LogP) is 4.83. The minimum atomic E-state index is -0.0753. The Kier molecular flexibility index (Phi) is 5.97. The summed E-state index contributed by atoms with van der Waals surface area (Å²) in [5.41, 5.74) is 6.40. The summed E-state index contributed by atoms with van der Waals surface area (Å²) in [6.07, 6.45) is 5.76. The fourth-order valence-corrected chi connectivity index (χ4v) is 3.79. The van der Waals surface area contributed by atoms with Crippen molar-refractivity contribution in [2.24, 2.45) is 0 Å². The molecule has 2 aromatic carbocycles. The molecule has 3 nitrogen and oxygen atoms in total. The molecule has 1 amide bonds. The van der Waals surface area contributed by atoms with Gasteiger partial charge in [0.05, 0.1) is 6.04 Å². The van der Waals surface area contributed by atoms with Gasteiger partial charge in [-0.1, -0.05) is 31.2 Å². The third-order valence-corrected chi connectivity index (χ3v) is 5.08. The zero-order chi connectivity index (χ0) is 18.5. The Labute approximate surface area is 156 Å². The molecule has 0 aromatic heterocycles. The van der Waals surface area contributed by atoms with Crippen molar-refractivity contribution >= 4 is 5.91 Å². The third-order valence-electron chi connectivity index (χ3n) is 5.08. The van der Waals surface area contributed by atoms with Crippen molar-refractivity contribution in [3.05, 3.63) is 64.2 Å². The van der Waals surface area contributed by atoms with E-state index in [1.165, 1.54) is 36.0 Å². The molecule has 1 aliphatic rings. The molecule has 1 unspecified atom stereocenters. The van der Waals surface area contributed by atoms with Crippen LogP contribution in [0.4, 0.5) is 0 Å². The van der Waals surface area contributed by atoms with E-state index in [9.17, 15) is 4.79 Å². The van der Waals surface area contributed by atoms with Gasteiger partial charge in [-0.2, -0.15) is 0 Å². The number of aryl methyl sites for hydroxylation is 4. The summed E-state index contributed by atoms with van der Waals surface area (Å²) in [5.74, 6) is 0.674. The highest BCUT2D eigenvalue weighted by atomic mass is 16.5. The molecule has 2 aromatic rings. The second-order valence-corrected chi connectivity index (χ2v) is 7.38. The fraction of sp³-hybridized carbons (Fsp3) is 0.435. The van der Waals surface area contributed by atoms with Crippen molar-refractivity contribution in [1.29, 1.82) is 0 Å². The molecule has 1 N–H and O–H groups in total. The summed E-state index contributed by atoms with van der Waals surface area (Å²) in [6.45, 7) is 6.21. The van der Waals surface area contributed by atoms with E-state index in [1.54, 1.807) is 0 Å². The Morgan fingerprint density at radius 1 is 1.04 bits per heavy atom. The van der Waals surface area contributed by atoms with Crippen molar-refractivity contribution in [1.82, 2.24) is 5.32 Å². The van der Waals surface area contributed by atoms with Gasteiger partial charge >= 0.3 is 0 Å². The first kappa shape index (κ1) is 18.5. The quantitative estimate of drug-likeness (QED) is 0.809. The van der Waals surface area contributed by atoms with Crippen LogP contribution < -0.4 is 10.1 Å². The van der Waals surface area contributed by atoms with Gasteiger partial charge in [0.25, 0.3) is 5.91 Å². The van der Waals surface area contributed by atoms with Crippen LogP contribution in [0.2, 0.25) is 0 Å². The highest BCUT2D eigenvalue weighted by Crippen LogP contribution is 2.26. The van der Waals surface area contributed by atoms with Crippen LogP contribution in [0.3, 0.4) is 0 Å². The largest absolute Gasteiger partial charge is 0.484 e. The van der Waals surface area contributed by atoms with Gasteiger partial charge in [0.2, 0.25) is 0 Å². The van der Waals surface area contributed by atoms with E-state index < -0.39 is 0 Å². The lowest BCUT2D eigenvalue weighted by molar-refractivity contribution is -0.123. The van der Waals surface area contributed by atoms with Gasteiger partial charge in [-0.25, -0.2) is 0 Å². The normalized spacial score (nSPS) is 14.4. The Balaban J connectivity index is 1.61. The molecule has 0 radical (unpaired) electrons. The average molecular weight is 351 g/mol. The lowest BCUT2D eigenvalue weighted by Gasteiger charge is -2.22. The van der Waals surface area contributed by atoms with Crippen molar-refractivity contribution in [3.63, 3.8) is 0 Å². The minimum absolute atomic E-state index is 0.0394. The van der Waals surface area contributed by atoms with E-state index in [-0.39, 0.29) is 18.6 Å². The number of ether oxygens (including phenoxy) is 1. The summed E-state index contributed by atoms with van der Waals surface area (Å²) in [5, 5.41) is 3.13. The number of fused-ring (bicyclic) bond motifs is 1. The van der Waals surface area contributed by atoms with E-state index in [4.69, 9.17) is 4.74 Å². The van der Waals surface area contributed by atoms with Gasteiger partial charge in [0, 0.05) is 0 Å². The number of carbonyl (C=O) groups is 1. The van der Waals surface area contributed by atoms with E-state index >= 15 is 0 Å². The molecule has 0 aliphatic heterocycles. The lowest BCUT2D eigenvalue weighted by atomic mass is 9.89.